The second kappa shape index (κ2) is 8.83. The van der Waals surface area contributed by atoms with E-state index in [1.165, 1.54) is 19.3 Å². The Morgan fingerprint density at radius 3 is 2.19 bits per heavy atom. The molecule has 0 spiro atoms. The van der Waals surface area contributed by atoms with E-state index in [1.54, 1.807) is 0 Å². The van der Waals surface area contributed by atoms with Crippen LogP contribution in [0, 0.1) is 64.1 Å². The Bertz CT molecular complexity index is 663. The summed E-state index contributed by atoms with van der Waals surface area (Å²) in [6, 6.07) is 0. The Kier molecular flexibility index (Phi) is 6.89. The highest BCUT2D eigenvalue weighted by Gasteiger charge is 2.67. The second-order valence-electron chi connectivity index (χ2n) is 13.9. The molecule has 0 saturated heterocycles. The monoisotopic (exact) mass is 448 g/mol. The lowest BCUT2D eigenvalue weighted by Gasteiger charge is -2.65. The summed E-state index contributed by atoms with van der Waals surface area (Å²) < 4.78 is 0. The number of aliphatic hydroxyl groups excluding tert-OH is 3. The maximum Gasteiger partial charge on any atom is 0.0602 e. The molecule has 32 heavy (non-hydrogen) atoms. The first kappa shape index (κ1) is 25.0. The molecule has 3 heteroatoms. The summed E-state index contributed by atoms with van der Waals surface area (Å²) in [6.07, 6.45) is 7.70. The predicted octanol–water partition coefficient (Wildman–Crippen LogP) is 5.90. The van der Waals surface area contributed by atoms with Crippen molar-refractivity contribution in [1.29, 1.82) is 0 Å². The molecule has 4 saturated carbocycles. The first-order valence-electron chi connectivity index (χ1n) is 13.9. The maximum atomic E-state index is 11.8. The van der Waals surface area contributed by atoms with Gasteiger partial charge in [-0.1, -0.05) is 48.5 Å². The molecule has 13 atom stereocenters. The van der Waals surface area contributed by atoms with Crippen molar-refractivity contribution in [3.8, 4) is 0 Å². The maximum absolute atomic E-state index is 11.8. The molecule has 0 aliphatic heterocycles. The van der Waals surface area contributed by atoms with Crippen molar-refractivity contribution in [3.63, 3.8) is 0 Å². The third kappa shape index (κ3) is 3.81. The molecule has 0 aromatic rings. The Labute approximate surface area is 197 Å². The summed E-state index contributed by atoms with van der Waals surface area (Å²) in [4.78, 5) is 0. The lowest BCUT2D eigenvalue weighted by molar-refractivity contribution is -0.225. The van der Waals surface area contributed by atoms with E-state index in [9.17, 15) is 15.3 Å². The van der Waals surface area contributed by atoms with E-state index in [4.69, 9.17) is 0 Å². The van der Waals surface area contributed by atoms with E-state index in [2.05, 4.69) is 48.5 Å². The molecule has 186 valence electrons. The molecule has 0 bridgehead atoms. The summed E-state index contributed by atoms with van der Waals surface area (Å²) in [6.45, 7) is 16.5. The molecule has 0 aromatic heterocycles. The highest BCUT2D eigenvalue weighted by Crippen LogP contribution is 2.69. The van der Waals surface area contributed by atoms with Gasteiger partial charge in [-0.15, -0.1) is 0 Å². The van der Waals surface area contributed by atoms with Crippen molar-refractivity contribution in [2.75, 3.05) is 0 Å². The smallest absolute Gasteiger partial charge is 0.0602 e. The van der Waals surface area contributed by atoms with Gasteiger partial charge in [-0.05, 0) is 115 Å². The minimum absolute atomic E-state index is 0.0732. The molecule has 3 N–H and O–H groups in total. The molecule has 4 rings (SSSR count). The Morgan fingerprint density at radius 1 is 0.844 bits per heavy atom. The normalized spacial score (nSPS) is 52.8. The standard InChI is InChI=1S/C29H52O3/c1-16(2)12-17(3)13-18(4)21-8-9-22-26-24(15-25(31)29(21,22)7)28(6)11-10-20(30)14-23(28)19(5)27(26)32/h16-27,30-32H,8-15H2,1-7H3/t17-,18+,19+,20+,21+,22-,23-,24-,25-,26-,27+,28-,29+/m0/s1. The van der Waals surface area contributed by atoms with Crippen LogP contribution in [0.25, 0.3) is 0 Å². The van der Waals surface area contributed by atoms with Crippen LogP contribution in [0.4, 0.5) is 0 Å². The van der Waals surface area contributed by atoms with Crippen LogP contribution in [0.3, 0.4) is 0 Å². The van der Waals surface area contributed by atoms with Crippen molar-refractivity contribution >= 4 is 0 Å². The first-order valence-corrected chi connectivity index (χ1v) is 13.9. The molecule has 0 amide bonds. The zero-order chi connectivity index (χ0) is 23.6. The van der Waals surface area contributed by atoms with Crippen LogP contribution in [0.1, 0.15) is 99.8 Å². The lowest BCUT2D eigenvalue weighted by atomic mass is 9.41. The summed E-state index contributed by atoms with van der Waals surface area (Å²) in [7, 11) is 0. The summed E-state index contributed by atoms with van der Waals surface area (Å²) in [5.74, 6) is 4.36. The number of rotatable bonds is 5. The third-order valence-corrected chi connectivity index (χ3v) is 11.6. The van der Waals surface area contributed by atoms with Gasteiger partial charge < -0.3 is 15.3 Å². The molecular weight excluding hydrogens is 396 g/mol. The van der Waals surface area contributed by atoms with E-state index in [0.717, 1.165) is 43.9 Å². The third-order valence-electron chi connectivity index (χ3n) is 11.6. The minimum atomic E-state index is -0.297. The lowest BCUT2D eigenvalue weighted by Crippen LogP contribution is -2.64. The summed E-state index contributed by atoms with van der Waals surface area (Å²) >= 11 is 0. The van der Waals surface area contributed by atoms with E-state index in [1.807, 2.05) is 0 Å². The van der Waals surface area contributed by atoms with Gasteiger partial charge in [0.1, 0.15) is 0 Å². The second-order valence-corrected chi connectivity index (χ2v) is 13.9. The van der Waals surface area contributed by atoms with Crippen molar-refractivity contribution in [2.45, 2.75) is 118 Å². The van der Waals surface area contributed by atoms with Crippen LogP contribution >= 0.6 is 0 Å². The number of fused-ring (bicyclic) bond motifs is 5. The van der Waals surface area contributed by atoms with Crippen molar-refractivity contribution in [1.82, 2.24) is 0 Å². The van der Waals surface area contributed by atoms with Gasteiger partial charge in [0.25, 0.3) is 0 Å². The van der Waals surface area contributed by atoms with Gasteiger partial charge in [0, 0.05) is 0 Å². The molecular formula is C29H52O3. The number of hydrogen-bond donors (Lipinski definition) is 3. The van der Waals surface area contributed by atoms with Crippen LogP contribution in [-0.2, 0) is 0 Å². The molecule has 0 aromatic carbocycles. The molecule has 4 aliphatic carbocycles. The van der Waals surface area contributed by atoms with Gasteiger partial charge in [0.05, 0.1) is 18.3 Å². The van der Waals surface area contributed by atoms with E-state index in [-0.39, 0.29) is 35.1 Å². The largest absolute Gasteiger partial charge is 0.393 e. The highest BCUT2D eigenvalue weighted by molar-refractivity contribution is 5.15. The molecule has 0 heterocycles. The van der Waals surface area contributed by atoms with Crippen molar-refractivity contribution in [3.05, 3.63) is 0 Å². The Balaban J connectivity index is 1.60. The summed E-state index contributed by atoms with van der Waals surface area (Å²) in [5, 5.41) is 33.8. The van der Waals surface area contributed by atoms with Gasteiger partial charge in [-0.25, -0.2) is 0 Å². The average Bonchev–Trinajstić information content (AvgIpc) is 3.06. The van der Waals surface area contributed by atoms with Gasteiger partial charge in [0.2, 0.25) is 0 Å². The van der Waals surface area contributed by atoms with Crippen LogP contribution in [0.2, 0.25) is 0 Å². The van der Waals surface area contributed by atoms with Gasteiger partial charge in [0.15, 0.2) is 0 Å². The van der Waals surface area contributed by atoms with Crippen LogP contribution in [-0.4, -0.2) is 33.6 Å². The Morgan fingerprint density at radius 2 is 1.53 bits per heavy atom. The molecule has 4 fully saturated rings. The Hall–Kier alpha value is -0.120. The zero-order valence-corrected chi connectivity index (χ0v) is 21.9. The van der Waals surface area contributed by atoms with Gasteiger partial charge in [-0.3, -0.25) is 0 Å². The fraction of sp³-hybridized carbons (Fsp3) is 1.00. The average molecular weight is 449 g/mol. The van der Waals surface area contributed by atoms with E-state index >= 15 is 0 Å². The van der Waals surface area contributed by atoms with E-state index in [0.29, 0.717) is 35.5 Å². The van der Waals surface area contributed by atoms with Crippen LogP contribution in [0.15, 0.2) is 0 Å². The minimum Gasteiger partial charge on any atom is -0.393 e. The molecule has 0 radical (unpaired) electrons. The topological polar surface area (TPSA) is 60.7 Å². The van der Waals surface area contributed by atoms with Crippen LogP contribution in [0.5, 0.6) is 0 Å². The fourth-order valence-corrected chi connectivity index (χ4v) is 10.3. The zero-order valence-electron chi connectivity index (χ0n) is 21.9. The van der Waals surface area contributed by atoms with Crippen molar-refractivity contribution < 1.29 is 15.3 Å². The molecule has 4 aliphatic rings. The molecule has 0 unspecified atom stereocenters. The van der Waals surface area contributed by atoms with Crippen LogP contribution < -0.4 is 0 Å². The summed E-state index contributed by atoms with van der Waals surface area (Å²) in [5.41, 5.74) is 0.0660. The number of hydrogen-bond acceptors (Lipinski definition) is 3. The van der Waals surface area contributed by atoms with Gasteiger partial charge >= 0.3 is 0 Å². The quantitative estimate of drug-likeness (QED) is 0.490. The SMILES string of the molecule is CC(C)C[C@H](C)C[C@@H](C)[C@H]1CC[C@H]2[C@@H]3[C@H](O)[C@H](C)[C@@H]4C[C@H](O)CC[C@]4(C)[C@H]3C[C@H](O)[C@]12C. The first-order chi connectivity index (χ1) is 14.9. The van der Waals surface area contributed by atoms with E-state index < -0.39 is 0 Å². The predicted molar refractivity (Wildman–Crippen MR) is 131 cm³/mol. The van der Waals surface area contributed by atoms with Gasteiger partial charge in [-0.2, -0.15) is 0 Å². The molecule has 3 nitrogen and oxygen atoms in total. The van der Waals surface area contributed by atoms with Crippen molar-refractivity contribution in [2.24, 2.45) is 64.1 Å². The fourth-order valence-electron chi connectivity index (χ4n) is 10.3. The highest BCUT2D eigenvalue weighted by atomic mass is 16.3. The number of aliphatic hydroxyl groups is 3.